The van der Waals surface area contributed by atoms with Crippen molar-refractivity contribution >= 4 is 17.5 Å². The second-order valence-electron chi connectivity index (χ2n) is 6.41. The van der Waals surface area contributed by atoms with Gasteiger partial charge in [0.2, 0.25) is 11.8 Å². The molecule has 0 aliphatic carbocycles. The fourth-order valence-corrected chi connectivity index (χ4v) is 3.07. The van der Waals surface area contributed by atoms with Crippen LogP contribution in [0.15, 0.2) is 30.3 Å². The topological polar surface area (TPSA) is 47.1 Å². The number of benzene rings is 1. The van der Waals surface area contributed by atoms with Crippen molar-refractivity contribution in [1.29, 1.82) is 0 Å². The zero-order valence-electron chi connectivity index (χ0n) is 15.6. The van der Waals surface area contributed by atoms with E-state index in [2.05, 4.69) is 9.80 Å². The van der Waals surface area contributed by atoms with Crippen LogP contribution in [0.3, 0.4) is 0 Å². The van der Waals surface area contributed by atoms with Crippen molar-refractivity contribution in [2.24, 2.45) is 0 Å². The van der Waals surface area contributed by atoms with Gasteiger partial charge in [0.05, 0.1) is 13.1 Å². The summed E-state index contributed by atoms with van der Waals surface area (Å²) in [5.41, 5.74) is 0.913. The van der Waals surface area contributed by atoms with E-state index in [-0.39, 0.29) is 11.8 Å². The fraction of sp³-hybridized carbons (Fsp3) is 0.579. The average molecular weight is 346 g/mol. The van der Waals surface area contributed by atoms with Crippen molar-refractivity contribution in [2.75, 3.05) is 64.3 Å². The Hall–Kier alpha value is -1.92. The second kappa shape index (κ2) is 9.53. The summed E-state index contributed by atoms with van der Waals surface area (Å²) in [4.78, 5) is 32.6. The Morgan fingerprint density at radius 2 is 1.36 bits per heavy atom. The smallest absolute Gasteiger partial charge is 0.240 e. The number of hydrogen-bond acceptors (Lipinski definition) is 4. The highest BCUT2D eigenvalue weighted by molar-refractivity contribution is 5.94. The number of amides is 2. The monoisotopic (exact) mass is 346 g/mol. The summed E-state index contributed by atoms with van der Waals surface area (Å²) in [6, 6.07) is 9.69. The molecule has 0 N–H and O–H groups in total. The van der Waals surface area contributed by atoms with Gasteiger partial charge < -0.3 is 9.80 Å². The third kappa shape index (κ3) is 5.54. The molecule has 25 heavy (non-hydrogen) atoms. The molecule has 0 saturated carbocycles. The summed E-state index contributed by atoms with van der Waals surface area (Å²) in [5.74, 6) is 0.289. The maximum Gasteiger partial charge on any atom is 0.240 e. The van der Waals surface area contributed by atoms with Crippen LogP contribution in [0.4, 0.5) is 5.69 Å². The predicted molar refractivity (Wildman–Crippen MR) is 101 cm³/mol. The third-order valence-corrected chi connectivity index (χ3v) is 4.82. The average Bonchev–Trinajstić information content (AvgIpc) is 2.64. The van der Waals surface area contributed by atoms with Crippen LogP contribution in [0, 0.1) is 0 Å². The minimum absolute atomic E-state index is 0.0962. The molecule has 0 atom stereocenters. The van der Waals surface area contributed by atoms with Gasteiger partial charge in [0.25, 0.3) is 0 Å². The molecule has 6 nitrogen and oxygen atoms in total. The first-order chi connectivity index (χ1) is 12.0. The van der Waals surface area contributed by atoms with E-state index in [0.717, 1.165) is 45.0 Å². The number of carbonyl (C=O) groups is 2. The lowest BCUT2D eigenvalue weighted by molar-refractivity contribution is -0.132. The van der Waals surface area contributed by atoms with Gasteiger partial charge in [-0.3, -0.25) is 19.4 Å². The number of nitrogens with zero attached hydrogens (tertiary/aromatic N) is 4. The standard InChI is InChI=1S/C19H30N4O2/c1-4-23(5-2)19(25)16-22-13-11-21(12-14-22)15-18(24)20(3)17-9-7-6-8-10-17/h6-10H,4-5,11-16H2,1-3H3. The lowest BCUT2D eigenvalue weighted by Crippen LogP contribution is -2.52. The number of likely N-dealkylation sites (N-methyl/N-ethyl adjacent to an activating group) is 2. The fourth-order valence-electron chi connectivity index (χ4n) is 3.07. The minimum atomic E-state index is 0.0962. The second-order valence-corrected chi connectivity index (χ2v) is 6.41. The van der Waals surface area contributed by atoms with Gasteiger partial charge in [-0.2, -0.15) is 0 Å². The highest BCUT2D eigenvalue weighted by Gasteiger charge is 2.23. The largest absolute Gasteiger partial charge is 0.342 e. The first-order valence-electron chi connectivity index (χ1n) is 9.09. The van der Waals surface area contributed by atoms with Crippen molar-refractivity contribution in [3.8, 4) is 0 Å². The van der Waals surface area contributed by atoms with Gasteiger partial charge in [-0.15, -0.1) is 0 Å². The lowest BCUT2D eigenvalue weighted by Gasteiger charge is -2.35. The zero-order chi connectivity index (χ0) is 18.2. The first kappa shape index (κ1) is 19.4. The van der Waals surface area contributed by atoms with Crippen LogP contribution >= 0.6 is 0 Å². The lowest BCUT2D eigenvalue weighted by atomic mass is 10.2. The molecule has 2 rings (SSSR count). The Balaban J connectivity index is 1.76. The van der Waals surface area contributed by atoms with E-state index in [1.165, 1.54) is 0 Å². The molecule has 2 amide bonds. The number of piperazine rings is 1. The van der Waals surface area contributed by atoms with Gasteiger partial charge in [-0.05, 0) is 26.0 Å². The molecule has 1 fully saturated rings. The minimum Gasteiger partial charge on any atom is -0.342 e. The molecule has 1 aromatic carbocycles. The van der Waals surface area contributed by atoms with E-state index < -0.39 is 0 Å². The molecular formula is C19H30N4O2. The third-order valence-electron chi connectivity index (χ3n) is 4.82. The van der Waals surface area contributed by atoms with E-state index >= 15 is 0 Å². The van der Waals surface area contributed by atoms with Crippen LogP contribution in [-0.4, -0.2) is 85.9 Å². The summed E-state index contributed by atoms with van der Waals surface area (Å²) < 4.78 is 0. The molecule has 0 spiro atoms. The Kier molecular flexibility index (Phi) is 7.40. The van der Waals surface area contributed by atoms with Crippen LogP contribution in [0.1, 0.15) is 13.8 Å². The van der Waals surface area contributed by atoms with Gasteiger partial charge in [-0.1, -0.05) is 18.2 Å². The molecule has 1 aliphatic heterocycles. The Morgan fingerprint density at radius 3 is 1.84 bits per heavy atom. The van der Waals surface area contributed by atoms with Crippen molar-refractivity contribution in [3.63, 3.8) is 0 Å². The molecule has 1 heterocycles. The molecule has 1 aliphatic rings. The molecule has 0 unspecified atom stereocenters. The number of para-hydroxylation sites is 1. The Labute approximate surface area is 151 Å². The van der Waals surface area contributed by atoms with Crippen LogP contribution < -0.4 is 4.90 Å². The van der Waals surface area contributed by atoms with Crippen LogP contribution in [0.5, 0.6) is 0 Å². The van der Waals surface area contributed by atoms with E-state index in [1.807, 2.05) is 56.1 Å². The number of rotatable bonds is 7. The number of carbonyl (C=O) groups excluding carboxylic acids is 2. The van der Waals surface area contributed by atoms with Gasteiger partial charge in [0, 0.05) is 52.0 Å². The maximum absolute atomic E-state index is 12.4. The van der Waals surface area contributed by atoms with E-state index in [4.69, 9.17) is 0 Å². The molecule has 6 heteroatoms. The van der Waals surface area contributed by atoms with E-state index in [1.54, 1.807) is 4.90 Å². The van der Waals surface area contributed by atoms with Gasteiger partial charge >= 0.3 is 0 Å². The Bertz CT molecular complexity index is 552. The SMILES string of the molecule is CCN(CC)C(=O)CN1CCN(CC(=O)N(C)c2ccccc2)CC1. The van der Waals surface area contributed by atoms with Crippen LogP contribution in [-0.2, 0) is 9.59 Å². The molecule has 1 saturated heterocycles. The van der Waals surface area contributed by atoms with Crippen LogP contribution in [0.2, 0.25) is 0 Å². The van der Waals surface area contributed by atoms with Crippen LogP contribution in [0.25, 0.3) is 0 Å². The van der Waals surface area contributed by atoms with Crippen molar-refractivity contribution in [1.82, 2.24) is 14.7 Å². The normalized spacial score (nSPS) is 15.8. The van der Waals surface area contributed by atoms with Gasteiger partial charge in [-0.25, -0.2) is 0 Å². The molecule has 0 radical (unpaired) electrons. The van der Waals surface area contributed by atoms with Crippen molar-refractivity contribution < 1.29 is 9.59 Å². The summed E-state index contributed by atoms with van der Waals surface area (Å²) in [5, 5.41) is 0. The molecule has 0 aromatic heterocycles. The molecule has 0 bridgehead atoms. The van der Waals surface area contributed by atoms with E-state index in [0.29, 0.717) is 13.1 Å². The van der Waals surface area contributed by atoms with Gasteiger partial charge in [0.1, 0.15) is 0 Å². The number of hydrogen-bond donors (Lipinski definition) is 0. The summed E-state index contributed by atoms with van der Waals surface area (Å²) in [7, 11) is 1.82. The summed E-state index contributed by atoms with van der Waals surface area (Å²) in [6.45, 7) is 9.73. The summed E-state index contributed by atoms with van der Waals surface area (Å²) >= 11 is 0. The molecule has 1 aromatic rings. The quantitative estimate of drug-likeness (QED) is 0.743. The van der Waals surface area contributed by atoms with Crippen molar-refractivity contribution in [3.05, 3.63) is 30.3 Å². The highest BCUT2D eigenvalue weighted by atomic mass is 16.2. The number of anilines is 1. The molecular weight excluding hydrogens is 316 g/mol. The van der Waals surface area contributed by atoms with Gasteiger partial charge in [0.15, 0.2) is 0 Å². The highest BCUT2D eigenvalue weighted by Crippen LogP contribution is 2.12. The van der Waals surface area contributed by atoms with E-state index in [9.17, 15) is 9.59 Å². The Morgan fingerprint density at radius 1 is 0.880 bits per heavy atom. The van der Waals surface area contributed by atoms with Crippen molar-refractivity contribution in [2.45, 2.75) is 13.8 Å². The molecule has 138 valence electrons. The predicted octanol–water partition coefficient (Wildman–Crippen LogP) is 1.14. The summed E-state index contributed by atoms with van der Waals surface area (Å²) in [6.07, 6.45) is 0. The zero-order valence-corrected chi connectivity index (χ0v) is 15.6. The maximum atomic E-state index is 12.4. The first-order valence-corrected chi connectivity index (χ1v) is 9.09.